The maximum absolute atomic E-state index is 13.3. The summed E-state index contributed by atoms with van der Waals surface area (Å²) in [5.41, 5.74) is 2.53. The minimum absolute atomic E-state index is 0.660. The standard InChI is InChI=1S/C13H9F4N3/c1-7-3-2-4-8(5-7)6-18-20-11-9(14)12(16)19-13(17)10(11)15/h2-6H,1H3,(H,19,20)/b18-6-. The van der Waals surface area contributed by atoms with Crippen LogP contribution in [0.1, 0.15) is 11.1 Å². The molecular weight excluding hydrogens is 274 g/mol. The number of hydrogen-bond acceptors (Lipinski definition) is 3. The van der Waals surface area contributed by atoms with Gasteiger partial charge in [0.1, 0.15) is 5.69 Å². The number of benzene rings is 1. The second-order valence-corrected chi connectivity index (χ2v) is 3.98. The molecule has 1 aromatic heterocycles. The average Bonchev–Trinajstić information content (AvgIpc) is 2.40. The van der Waals surface area contributed by atoms with Gasteiger partial charge in [-0.3, -0.25) is 5.43 Å². The molecule has 0 atom stereocenters. The van der Waals surface area contributed by atoms with E-state index in [9.17, 15) is 17.6 Å². The zero-order chi connectivity index (χ0) is 14.7. The van der Waals surface area contributed by atoms with Crippen LogP contribution in [-0.4, -0.2) is 11.2 Å². The SMILES string of the molecule is Cc1cccc(/C=N\Nc2c(F)c(F)nc(F)c2F)c1. The van der Waals surface area contributed by atoms with Crippen molar-refractivity contribution in [2.45, 2.75) is 6.92 Å². The number of aryl methyl sites for hydroxylation is 1. The third-order valence-corrected chi connectivity index (χ3v) is 2.43. The number of pyridine rings is 1. The Labute approximate surface area is 112 Å². The highest BCUT2D eigenvalue weighted by molar-refractivity contribution is 5.80. The monoisotopic (exact) mass is 283 g/mol. The van der Waals surface area contributed by atoms with E-state index in [4.69, 9.17) is 0 Å². The Kier molecular flexibility index (Phi) is 3.97. The summed E-state index contributed by atoms with van der Waals surface area (Å²) in [6, 6.07) is 7.10. The van der Waals surface area contributed by atoms with Crippen LogP contribution in [0.25, 0.3) is 0 Å². The Morgan fingerprint density at radius 2 is 1.75 bits per heavy atom. The predicted octanol–water partition coefficient (Wildman–Crippen LogP) is 3.39. The first kappa shape index (κ1) is 14.0. The molecule has 0 aliphatic rings. The summed E-state index contributed by atoms with van der Waals surface area (Å²) in [5, 5.41) is 3.54. The first-order chi connectivity index (χ1) is 9.49. The number of hydrazone groups is 1. The Bertz CT molecular complexity index is 645. The fourth-order valence-corrected chi connectivity index (χ4v) is 1.51. The summed E-state index contributed by atoms with van der Waals surface area (Å²) in [4.78, 5) is 2.44. The Morgan fingerprint density at radius 1 is 1.10 bits per heavy atom. The average molecular weight is 283 g/mol. The van der Waals surface area contributed by atoms with E-state index in [0.29, 0.717) is 5.56 Å². The quantitative estimate of drug-likeness (QED) is 0.406. The molecule has 0 aliphatic carbocycles. The number of anilines is 1. The van der Waals surface area contributed by atoms with Crippen LogP contribution < -0.4 is 5.43 Å². The summed E-state index contributed by atoms with van der Waals surface area (Å²) < 4.78 is 52.2. The molecule has 1 heterocycles. The summed E-state index contributed by atoms with van der Waals surface area (Å²) in [6.45, 7) is 1.86. The van der Waals surface area contributed by atoms with Gasteiger partial charge >= 0.3 is 0 Å². The highest BCUT2D eigenvalue weighted by Crippen LogP contribution is 2.21. The third kappa shape index (κ3) is 2.93. The lowest BCUT2D eigenvalue weighted by Gasteiger charge is -2.04. The fourth-order valence-electron chi connectivity index (χ4n) is 1.51. The van der Waals surface area contributed by atoms with Crippen LogP contribution in [0.2, 0.25) is 0 Å². The fraction of sp³-hybridized carbons (Fsp3) is 0.0769. The van der Waals surface area contributed by atoms with Gasteiger partial charge in [0.15, 0.2) is 0 Å². The van der Waals surface area contributed by atoms with Crippen LogP contribution >= 0.6 is 0 Å². The van der Waals surface area contributed by atoms with Crippen LogP contribution in [0.5, 0.6) is 0 Å². The maximum Gasteiger partial charge on any atom is 0.254 e. The molecular formula is C13H9F4N3. The van der Waals surface area contributed by atoms with E-state index in [1.54, 1.807) is 18.2 Å². The number of aromatic nitrogens is 1. The molecule has 0 unspecified atom stereocenters. The summed E-state index contributed by atoms with van der Waals surface area (Å²) >= 11 is 0. The number of halogens is 4. The number of nitrogens with zero attached hydrogens (tertiary/aromatic N) is 2. The van der Waals surface area contributed by atoms with Gasteiger partial charge in [0, 0.05) is 0 Å². The van der Waals surface area contributed by atoms with E-state index in [1.807, 2.05) is 18.4 Å². The van der Waals surface area contributed by atoms with Gasteiger partial charge in [0.25, 0.3) is 11.9 Å². The Balaban J connectivity index is 2.23. The zero-order valence-electron chi connectivity index (χ0n) is 10.3. The molecule has 0 saturated carbocycles. The molecule has 1 aromatic carbocycles. The van der Waals surface area contributed by atoms with Gasteiger partial charge in [-0.25, -0.2) is 0 Å². The molecule has 0 fully saturated rings. The van der Waals surface area contributed by atoms with Crippen LogP contribution in [0, 0.1) is 30.5 Å². The molecule has 2 aromatic rings. The van der Waals surface area contributed by atoms with Gasteiger partial charge in [-0.05, 0) is 12.5 Å². The molecule has 0 bridgehead atoms. The van der Waals surface area contributed by atoms with E-state index in [1.165, 1.54) is 6.21 Å². The maximum atomic E-state index is 13.3. The van der Waals surface area contributed by atoms with Crippen molar-refractivity contribution in [3.8, 4) is 0 Å². The lowest BCUT2D eigenvalue weighted by atomic mass is 10.2. The van der Waals surface area contributed by atoms with Crippen LogP contribution in [0.15, 0.2) is 29.4 Å². The summed E-state index contributed by atoms with van der Waals surface area (Å²) in [6.07, 6.45) is 1.27. The van der Waals surface area contributed by atoms with Crippen LogP contribution in [0.3, 0.4) is 0 Å². The van der Waals surface area contributed by atoms with Gasteiger partial charge in [-0.1, -0.05) is 29.8 Å². The van der Waals surface area contributed by atoms with Crippen molar-refractivity contribution in [1.29, 1.82) is 0 Å². The Hall–Kier alpha value is -2.44. The zero-order valence-corrected chi connectivity index (χ0v) is 10.3. The molecule has 0 saturated heterocycles. The van der Waals surface area contributed by atoms with E-state index in [2.05, 4.69) is 10.1 Å². The molecule has 1 N–H and O–H groups in total. The van der Waals surface area contributed by atoms with Gasteiger partial charge < -0.3 is 0 Å². The normalized spacial score (nSPS) is 11.1. The van der Waals surface area contributed by atoms with Gasteiger partial charge in [0.05, 0.1) is 6.21 Å². The smallest absolute Gasteiger partial charge is 0.254 e. The molecule has 2 rings (SSSR count). The molecule has 7 heteroatoms. The van der Waals surface area contributed by atoms with Crippen molar-refractivity contribution in [3.63, 3.8) is 0 Å². The molecule has 104 valence electrons. The van der Waals surface area contributed by atoms with Crippen molar-refractivity contribution in [3.05, 3.63) is 58.9 Å². The summed E-state index contributed by atoms with van der Waals surface area (Å²) in [7, 11) is 0. The molecule has 3 nitrogen and oxygen atoms in total. The van der Waals surface area contributed by atoms with E-state index < -0.39 is 29.2 Å². The minimum Gasteiger partial charge on any atom is -0.272 e. The second-order valence-electron chi connectivity index (χ2n) is 3.98. The highest BCUT2D eigenvalue weighted by atomic mass is 19.2. The number of hydrogen-bond donors (Lipinski definition) is 1. The molecule has 0 radical (unpaired) electrons. The summed E-state index contributed by atoms with van der Waals surface area (Å²) in [5.74, 6) is -6.75. The van der Waals surface area contributed by atoms with Crippen molar-refractivity contribution in [1.82, 2.24) is 4.98 Å². The van der Waals surface area contributed by atoms with Gasteiger partial charge in [0.2, 0.25) is 11.6 Å². The number of nitrogens with one attached hydrogen (secondary N) is 1. The largest absolute Gasteiger partial charge is 0.272 e. The Morgan fingerprint density at radius 3 is 2.35 bits per heavy atom. The first-order valence-electron chi connectivity index (χ1n) is 5.54. The predicted molar refractivity (Wildman–Crippen MR) is 66.5 cm³/mol. The molecule has 0 aliphatic heterocycles. The molecule has 0 amide bonds. The van der Waals surface area contributed by atoms with Crippen LogP contribution in [0.4, 0.5) is 23.2 Å². The highest BCUT2D eigenvalue weighted by Gasteiger charge is 2.20. The first-order valence-corrected chi connectivity index (χ1v) is 5.54. The van der Waals surface area contributed by atoms with Gasteiger partial charge in [-0.15, -0.1) is 0 Å². The molecule has 20 heavy (non-hydrogen) atoms. The topological polar surface area (TPSA) is 37.3 Å². The lowest BCUT2D eigenvalue weighted by Crippen LogP contribution is -2.05. The van der Waals surface area contributed by atoms with Crippen molar-refractivity contribution in [2.24, 2.45) is 5.10 Å². The van der Waals surface area contributed by atoms with Crippen molar-refractivity contribution < 1.29 is 17.6 Å². The second kappa shape index (κ2) is 5.68. The van der Waals surface area contributed by atoms with Crippen molar-refractivity contribution >= 4 is 11.9 Å². The minimum atomic E-state index is -1.74. The molecule has 0 spiro atoms. The van der Waals surface area contributed by atoms with Crippen LogP contribution in [-0.2, 0) is 0 Å². The van der Waals surface area contributed by atoms with Crippen molar-refractivity contribution in [2.75, 3.05) is 5.43 Å². The van der Waals surface area contributed by atoms with Gasteiger partial charge in [-0.2, -0.15) is 27.6 Å². The number of rotatable bonds is 3. The van der Waals surface area contributed by atoms with E-state index in [0.717, 1.165) is 5.56 Å². The third-order valence-electron chi connectivity index (χ3n) is 2.43. The van der Waals surface area contributed by atoms with E-state index in [-0.39, 0.29) is 0 Å². The lowest BCUT2D eigenvalue weighted by molar-refractivity contribution is 0.411. The van der Waals surface area contributed by atoms with E-state index >= 15 is 0 Å².